The fraction of sp³-hybridized carbons (Fsp3) is 0.500. The number of hydrogen-bond acceptors (Lipinski definition) is 5. The number of fused-ring (bicyclic) bond motifs is 2. The van der Waals surface area contributed by atoms with Gasteiger partial charge in [0.25, 0.3) is 5.91 Å². The van der Waals surface area contributed by atoms with E-state index in [2.05, 4.69) is 10.1 Å². The van der Waals surface area contributed by atoms with Crippen LogP contribution in [0.5, 0.6) is 0 Å². The highest BCUT2D eigenvalue weighted by atomic mass is 35.5. The second-order valence-electron chi connectivity index (χ2n) is 6.90. The first-order valence-electron chi connectivity index (χ1n) is 8.48. The minimum atomic E-state index is -3.35. The zero-order valence-corrected chi connectivity index (χ0v) is 15.9. The number of nitrogens with zero attached hydrogens (tertiary/aromatic N) is 3. The predicted octanol–water partition coefficient (Wildman–Crippen LogP) is 1.52. The Labute approximate surface area is 156 Å². The summed E-state index contributed by atoms with van der Waals surface area (Å²) in [6.07, 6.45) is 4.04. The van der Waals surface area contributed by atoms with Crippen molar-refractivity contribution in [2.45, 2.75) is 38.1 Å². The highest BCUT2D eigenvalue weighted by Gasteiger charge is 2.35. The van der Waals surface area contributed by atoms with E-state index < -0.39 is 10.0 Å². The molecule has 3 heterocycles. The minimum Gasteiger partial charge on any atom is -0.382 e. The lowest BCUT2D eigenvalue weighted by molar-refractivity contribution is 0.0845. The number of aromatic amines is 1. The van der Waals surface area contributed by atoms with Gasteiger partial charge in [-0.05, 0) is 37.3 Å². The number of hydrogen-bond donors (Lipinski definition) is 2. The molecule has 1 aliphatic heterocycles. The Morgan fingerprint density at radius 2 is 2.19 bits per heavy atom. The number of nitrogens with two attached hydrogens (primary N) is 1. The van der Waals surface area contributed by atoms with Crippen LogP contribution >= 0.6 is 11.6 Å². The molecule has 2 aliphatic rings. The van der Waals surface area contributed by atoms with Gasteiger partial charge in [0, 0.05) is 17.8 Å². The maximum absolute atomic E-state index is 13.2. The zero-order chi connectivity index (χ0) is 18.6. The van der Waals surface area contributed by atoms with E-state index in [1.807, 2.05) is 0 Å². The lowest BCUT2D eigenvalue weighted by Crippen LogP contribution is -2.37. The molecule has 0 radical (unpaired) electrons. The van der Waals surface area contributed by atoms with E-state index >= 15 is 0 Å². The number of nitrogens with one attached hydrogen (secondary N) is 1. The van der Waals surface area contributed by atoms with E-state index in [1.54, 1.807) is 6.07 Å². The predicted molar refractivity (Wildman–Crippen MR) is 97.7 cm³/mol. The molecule has 4 rings (SSSR count). The van der Waals surface area contributed by atoms with Gasteiger partial charge in [0.05, 0.1) is 24.4 Å². The Morgan fingerprint density at radius 3 is 2.92 bits per heavy atom. The van der Waals surface area contributed by atoms with E-state index in [1.165, 1.54) is 15.2 Å². The van der Waals surface area contributed by atoms with Crippen LogP contribution in [0.15, 0.2) is 6.07 Å². The maximum atomic E-state index is 13.2. The fourth-order valence-corrected chi connectivity index (χ4v) is 4.93. The molecule has 26 heavy (non-hydrogen) atoms. The largest absolute Gasteiger partial charge is 0.382 e. The number of H-pyrrole nitrogens is 1. The molecule has 1 atom stereocenters. The summed E-state index contributed by atoms with van der Waals surface area (Å²) in [6, 6.07) is 1.79. The Hall–Kier alpha value is -1.84. The first-order valence-corrected chi connectivity index (χ1v) is 10.7. The topological polar surface area (TPSA) is 114 Å². The molecule has 3 N–H and O–H groups in total. The molecular formula is C16H20ClN5O3S. The first-order chi connectivity index (χ1) is 12.3. The lowest BCUT2D eigenvalue weighted by atomic mass is 9.86. The van der Waals surface area contributed by atoms with Crippen molar-refractivity contribution in [3.8, 4) is 0 Å². The molecule has 1 unspecified atom stereocenters. The van der Waals surface area contributed by atoms with Crippen LogP contribution in [-0.2, 0) is 29.4 Å². The third-order valence-electron chi connectivity index (χ3n) is 5.23. The van der Waals surface area contributed by atoms with Gasteiger partial charge in [-0.25, -0.2) is 13.1 Å². The van der Waals surface area contributed by atoms with E-state index in [4.69, 9.17) is 17.3 Å². The monoisotopic (exact) mass is 397 g/mol. The van der Waals surface area contributed by atoms with E-state index in [0.29, 0.717) is 36.1 Å². The quantitative estimate of drug-likeness (QED) is 0.797. The molecule has 1 aliphatic carbocycles. The van der Waals surface area contributed by atoms with Crippen LogP contribution in [0.25, 0.3) is 0 Å². The third kappa shape index (κ3) is 2.83. The average molecular weight is 398 g/mol. The van der Waals surface area contributed by atoms with Crippen LogP contribution in [0.4, 0.5) is 5.82 Å². The SMILES string of the molecule is CS(=O)(=O)N1CCc2c(N)nn(C(=O)C3CCCc4[nH]c(Cl)cc43)c2C1. The van der Waals surface area contributed by atoms with Crippen LogP contribution in [0.3, 0.4) is 0 Å². The number of aromatic nitrogens is 3. The molecule has 140 valence electrons. The molecule has 8 nitrogen and oxygen atoms in total. The van der Waals surface area contributed by atoms with Gasteiger partial charge in [-0.2, -0.15) is 4.31 Å². The van der Waals surface area contributed by atoms with Gasteiger partial charge in [-0.3, -0.25) is 4.79 Å². The van der Waals surface area contributed by atoms with Gasteiger partial charge in [-0.1, -0.05) is 11.6 Å². The third-order valence-corrected chi connectivity index (χ3v) is 6.68. The maximum Gasteiger partial charge on any atom is 0.254 e. The Balaban J connectivity index is 1.73. The number of aryl methyl sites for hydroxylation is 1. The zero-order valence-electron chi connectivity index (χ0n) is 14.3. The number of sulfonamides is 1. The average Bonchev–Trinajstić information content (AvgIpc) is 3.12. The molecule has 2 aromatic heterocycles. The van der Waals surface area contributed by atoms with Crippen molar-refractivity contribution in [2.24, 2.45) is 0 Å². The summed E-state index contributed by atoms with van der Waals surface area (Å²) in [6.45, 7) is 0.453. The van der Waals surface area contributed by atoms with Crippen LogP contribution in [-0.4, -0.2) is 46.2 Å². The number of nitrogen functional groups attached to an aromatic ring is 1. The molecule has 0 saturated carbocycles. The first kappa shape index (κ1) is 17.6. The summed E-state index contributed by atoms with van der Waals surface area (Å²) in [5, 5.41) is 4.76. The summed E-state index contributed by atoms with van der Waals surface area (Å²) in [7, 11) is -3.35. The van der Waals surface area contributed by atoms with Crippen LogP contribution in [0.1, 0.15) is 46.1 Å². The normalized spacial score (nSPS) is 20.6. The highest BCUT2D eigenvalue weighted by Crippen LogP contribution is 2.36. The molecule has 0 saturated heterocycles. The Morgan fingerprint density at radius 1 is 1.42 bits per heavy atom. The molecule has 2 aromatic rings. The van der Waals surface area contributed by atoms with Crippen molar-refractivity contribution in [2.75, 3.05) is 18.5 Å². The van der Waals surface area contributed by atoms with E-state index in [9.17, 15) is 13.2 Å². The summed E-state index contributed by atoms with van der Waals surface area (Å²) < 4.78 is 26.5. The van der Waals surface area contributed by atoms with Gasteiger partial charge in [0.15, 0.2) is 0 Å². The van der Waals surface area contributed by atoms with Crippen molar-refractivity contribution < 1.29 is 13.2 Å². The molecule has 0 bridgehead atoms. The standard InChI is InChI=1S/C16H20ClN5O3S/c1-26(24,25)21-6-5-10-13(8-21)22(20-15(10)18)16(23)9-3-2-4-12-11(9)7-14(17)19-12/h7,9,19H,2-6,8H2,1H3,(H2,18,20). The van der Waals surface area contributed by atoms with Gasteiger partial charge in [-0.15, -0.1) is 5.10 Å². The molecule has 0 amide bonds. The molecule has 0 aromatic carbocycles. The van der Waals surface area contributed by atoms with Crippen molar-refractivity contribution >= 4 is 33.3 Å². The van der Waals surface area contributed by atoms with Crippen molar-refractivity contribution in [1.82, 2.24) is 19.1 Å². The molecule has 10 heteroatoms. The molecule has 0 spiro atoms. The second kappa shape index (κ2) is 6.11. The fourth-order valence-electron chi connectivity index (χ4n) is 3.92. The number of anilines is 1. The lowest BCUT2D eigenvalue weighted by Gasteiger charge is -2.26. The van der Waals surface area contributed by atoms with Crippen molar-refractivity contribution in [1.29, 1.82) is 0 Å². The van der Waals surface area contributed by atoms with Crippen LogP contribution in [0, 0.1) is 0 Å². The smallest absolute Gasteiger partial charge is 0.254 e. The summed E-state index contributed by atoms with van der Waals surface area (Å²) >= 11 is 6.07. The Kier molecular flexibility index (Phi) is 4.13. The van der Waals surface area contributed by atoms with Crippen molar-refractivity contribution in [3.63, 3.8) is 0 Å². The number of carbonyl (C=O) groups excluding carboxylic acids is 1. The van der Waals surface area contributed by atoms with Gasteiger partial charge in [0.1, 0.15) is 11.0 Å². The van der Waals surface area contributed by atoms with Crippen LogP contribution in [0.2, 0.25) is 5.15 Å². The van der Waals surface area contributed by atoms with Crippen molar-refractivity contribution in [3.05, 3.63) is 33.7 Å². The van der Waals surface area contributed by atoms with E-state index in [0.717, 1.165) is 29.7 Å². The summed E-state index contributed by atoms with van der Waals surface area (Å²) in [5.41, 5.74) is 9.21. The molecular weight excluding hydrogens is 378 g/mol. The highest BCUT2D eigenvalue weighted by molar-refractivity contribution is 7.88. The Bertz CT molecular complexity index is 994. The van der Waals surface area contributed by atoms with E-state index in [-0.39, 0.29) is 18.4 Å². The molecule has 0 fully saturated rings. The van der Waals surface area contributed by atoms with Gasteiger partial charge < -0.3 is 10.7 Å². The summed E-state index contributed by atoms with van der Waals surface area (Å²) in [4.78, 5) is 16.3. The van der Waals surface area contributed by atoms with Crippen LogP contribution < -0.4 is 5.73 Å². The summed E-state index contributed by atoms with van der Waals surface area (Å²) in [5.74, 6) is -0.255. The number of carbonyl (C=O) groups is 1. The van der Waals surface area contributed by atoms with Gasteiger partial charge in [0.2, 0.25) is 10.0 Å². The van der Waals surface area contributed by atoms with Gasteiger partial charge >= 0.3 is 0 Å². The second-order valence-corrected chi connectivity index (χ2v) is 9.29. The number of rotatable bonds is 2. The number of halogens is 1. The minimum absolute atomic E-state index is 0.109.